The molecule has 2 heterocycles. The van der Waals surface area contributed by atoms with Crippen LogP contribution >= 0.6 is 11.3 Å². The van der Waals surface area contributed by atoms with E-state index in [1.807, 2.05) is 0 Å². The van der Waals surface area contributed by atoms with Gasteiger partial charge in [0.05, 0.1) is 22.0 Å². The van der Waals surface area contributed by atoms with E-state index in [1.165, 1.54) is 30.3 Å². The van der Waals surface area contributed by atoms with Gasteiger partial charge >= 0.3 is 11.9 Å². The minimum Gasteiger partial charge on any atom is -0.406 e. The van der Waals surface area contributed by atoms with Crippen molar-refractivity contribution in [1.82, 2.24) is 14.8 Å². The van der Waals surface area contributed by atoms with Crippen molar-refractivity contribution in [2.24, 2.45) is 10.2 Å². The van der Waals surface area contributed by atoms with Gasteiger partial charge in [0, 0.05) is 21.9 Å². The summed E-state index contributed by atoms with van der Waals surface area (Å²) in [5.74, 6) is -0.408. The van der Waals surface area contributed by atoms with Crippen LogP contribution in [0.15, 0.2) is 115 Å². The SMILES string of the molecule is O=c1c(N=Nc2ccc3c(S(=O)(=O)O)cc(S(=O)(=O)O)cc3c2)c(-c2ccccc2)[nH]n1-c1nc(-c2ccc(OC(F)(F)F)cc2)cs1. The fourth-order valence-corrected chi connectivity index (χ4v) is 6.76. The number of aromatic amines is 1. The zero-order valence-electron chi connectivity index (χ0n) is 23.7. The minimum atomic E-state index is -4.90. The van der Waals surface area contributed by atoms with Crippen molar-refractivity contribution < 1.29 is 43.8 Å². The van der Waals surface area contributed by atoms with E-state index < -0.39 is 47.7 Å². The lowest BCUT2D eigenvalue weighted by Gasteiger charge is -2.08. The first-order valence-electron chi connectivity index (χ1n) is 13.2. The number of thiazole rings is 1. The molecule has 0 bridgehead atoms. The van der Waals surface area contributed by atoms with Gasteiger partial charge in [-0.05, 0) is 53.9 Å². The van der Waals surface area contributed by atoms with Crippen molar-refractivity contribution in [3.05, 3.63) is 101 Å². The highest BCUT2D eigenvalue weighted by atomic mass is 32.2. The number of fused-ring (bicyclic) bond motifs is 1. The highest BCUT2D eigenvalue weighted by Crippen LogP contribution is 2.33. The lowest BCUT2D eigenvalue weighted by molar-refractivity contribution is -0.274. The van der Waals surface area contributed by atoms with E-state index >= 15 is 0 Å². The molecule has 0 aliphatic rings. The Hall–Kier alpha value is -5.21. The fraction of sp³-hybridized carbons (Fsp3) is 0.0345. The first kappa shape index (κ1) is 32.7. The van der Waals surface area contributed by atoms with Crippen LogP contribution in [0.2, 0.25) is 0 Å². The van der Waals surface area contributed by atoms with Crippen LogP contribution in [0.25, 0.3) is 38.4 Å². The number of azo groups is 1. The number of aromatic nitrogens is 3. The molecule has 0 unspecified atom stereocenters. The number of ether oxygens (including phenoxy) is 1. The summed E-state index contributed by atoms with van der Waals surface area (Å²) in [6.07, 6.45) is -4.84. The van der Waals surface area contributed by atoms with Gasteiger partial charge in [-0.1, -0.05) is 36.4 Å². The predicted molar refractivity (Wildman–Crippen MR) is 167 cm³/mol. The van der Waals surface area contributed by atoms with Crippen LogP contribution in [0.1, 0.15) is 0 Å². The smallest absolute Gasteiger partial charge is 0.406 e. The molecule has 48 heavy (non-hydrogen) atoms. The van der Waals surface area contributed by atoms with Crippen molar-refractivity contribution in [3.63, 3.8) is 0 Å². The second-order valence-corrected chi connectivity index (χ2v) is 13.6. The summed E-state index contributed by atoms with van der Waals surface area (Å²) in [4.78, 5) is 16.6. The molecule has 0 radical (unpaired) electrons. The topological polar surface area (TPSA) is 193 Å². The first-order valence-corrected chi connectivity index (χ1v) is 17.0. The molecule has 0 saturated carbocycles. The van der Waals surface area contributed by atoms with Crippen molar-refractivity contribution in [1.29, 1.82) is 0 Å². The van der Waals surface area contributed by atoms with Crippen LogP contribution in [0.4, 0.5) is 24.5 Å². The molecule has 0 spiro atoms. The maximum Gasteiger partial charge on any atom is 0.573 e. The Bertz CT molecular complexity index is 2490. The van der Waals surface area contributed by atoms with Crippen LogP contribution in [0.3, 0.4) is 0 Å². The molecular formula is C29H18F3N5O8S3. The zero-order chi connectivity index (χ0) is 34.4. The van der Waals surface area contributed by atoms with Gasteiger partial charge in [-0.2, -0.15) is 26.6 Å². The summed E-state index contributed by atoms with van der Waals surface area (Å²) in [7, 11) is -9.76. The normalized spacial score (nSPS) is 12.6. The quantitative estimate of drug-likeness (QED) is 0.111. The lowest BCUT2D eigenvalue weighted by Crippen LogP contribution is -2.16. The van der Waals surface area contributed by atoms with Crippen LogP contribution in [-0.4, -0.2) is 47.1 Å². The van der Waals surface area contributed by atoms with Crippen molar-refractivity contribution in [3.8, 4) is 33.4 Å². The molecule has 6 rings (SSSR count). The molecule has 0 saturated heterocycles. The molecule has 4 aromatic carbocycles. The third-order valence-electron chi connectivity index (χ3n) is 6.71. The van der Waals surface area contributed by atoms with E-state index in [4.69, 9.17) is 0 Å². The number of H-pyrrole nitrogens is 1. The van der Waals surface area contributed by atoms with Crippen LogP contribution in [0.5, 0.6) is 5.75 Å². The molecule has 0 aliphatic carbocycles. The minimum absolute atomic E-state index is 0.0303. The molecule has 3 N–H and O–H groups in total. The zero-order valence-corrected chi connectivity index (χ0v) is 26.1. The maximum absolute atomic E-state index is 13.7. The molecule has 0 amide bonds. The van der Waals surface area contributed by atoms with Gasteiger partial charge in [0.1, 0.15) is 10.6 Å². The Balaban J connectivity index is 1.40. The highest BCUT2D eigenvalue weighted by molar-refractivity contribution is 7.86. The Morgan fingerprint density at radius 2 is 1.56 bits per heavy atom. The third-order valence-corrected chi connectivity index (χ3v) is 9.26. The number of hydrogen-bond acceptors (Lipinski definition) is 10. The Kier molecular flexibility index (Phi) is 8.25. The third kappa shape index (κ3) is 6.89. The molecule has 2 aromatic heterocycles. The molecule has 0 atom stereocenters. The average molecular weight is 718 g/mol. The molecule has 246 valence electrons. The number of benzene rings is 4. The van der Waals surface area contributed by atoms with Crippen LogP contribution in [-0.2, 0) is 20.2 Å². The molecule has 19 heteroatoms. The summed E-state index contributed by atoms with van der Waals surface area (Å²) >= 11 is 1.06. The van der Waals surface area contributed by atoms with Gasteiger partial charge in [-0.15, -0.1) is 29.6 Å². The van der Waals surface area contributed by atoms with E-state index in [0.717, 1.165) is 34.2 Å². The van der Waals surface area contributed by atoms with Crippen LogP contribution < -0.4 is 10.3 Å². The van der Waals surface area contributed by atoms with E-state index in [2.05, 4.69) is 25.0 Å². The summed E-state index contributed by atoms with van der Waals surface area (Å²) in [5.41, 5.74) is 0.848. The summed E-state index contributed by atoms with van der Waals surface area (Å²) in [5, 5.41) is 12.9. The van der Waals surface area contributed by atoms with Gasteiger partial charge in [-0.25, -0.2) is 4.98 Å². The number of nitrogens with one attached hydrogen (secondary N) is 1. The predicted octanol–water partition coefficient (Wildman–Crippen LogP) is 6.92. The second-order valence-electron chi connectivity index (χ2n) is 9.91. The number of nitrogens with zero attached hydrogens (tertiary/aromatic N) is 4. The van der Waals surface area contributed by atoms with Crippen molar-refractivity contribution in [2.75, 3.05) is 0 Å². The summed E-state index contributed by atoms with van der Waals surface area (Å²) in [6.45, 7) is 0. The van der Waals surface area contributed by atoms with Gasteiger partial charge in [0.2, 0.25) is 5.13 Å². The molecular weight excluding hydrogens is 700 g/mol. The number of halogens is 3. The largest absolute Gasteiger partial charge is 0.573 e. The van der Waals surface area contributed by atoms with Gasteiger partial charge in [-0.3, -0.25) is 19.0 Å². The lowest BCUT2D eigenvalue weighted by atomic mass is 10.1. The standard InChI is InChI=1S/C29H18F3N5O8S3/c30-29(31,32)45-20-9-6-16(7-10-20)23-15-46-28(33-23)37-27(38)26(25(36-37)17-4-2-1-3-5-17)35-34-19-8-11-22-18(12-19)13-21(47(39,40)41)14-24(22)48(42,43)44/h1-15,36H,(H,39,40,41)(H,42,43,44). The molecule has 13 nitrogen and oxygen atoms in total. The van der Waals surface area contributed by atoms with E-state index in [1.54, 1.807) is 35.7 Å². The second kappa shape index (κ2) is 12.1. The Labute approximate surface area is 272 Å². The van der Waals surface area contributed by atoms with Gasteiger partial charge in [0.25, 0.3) is 20.2 Å². The van der Waals surface area contributed by atoms with Crippen LogP contribution in [0, 0.1) is 0 Å². The molecule has 6 aromatic rings. The van der Waals surface area contributed by atoms with Gasteiger partial charge < -0.3 is 4.74 Å². The number of rotatable bonds is 8. The molecule has 0 aliphatic heterocycles. The van der Waals surface area contributed by atoms with E-state index in [0.29, 0.717) is 22.9 Å². The Morgan fingerprint density at radius 1 is 0.854 bits per heavy atom. The van der Waals surface area contributed by atoms with Crippen molar-refractivity contribution in [2.45, 2.75) is 16.2 Å². The fourth-order valence-electron chi connectivity index (χ4n) is 4.62. The number of hydrogen-bond donors (Lipinski definition) is 3. The number of alkyl halides is 3. The van der Waals surface area contributed by atoms with Gasteiger partial charge in [0.15, 0.2) is 5.69 Å². The van der Waals surface area contributed by atoms with E-state index in [9.17, 15) is 43.9 Å². The summed E-state index contributed by atoms with van der Waals surface area (Å²) in [6, 6.07) is 19.1. The average Bonchev–Trinajstić information content (AvgIpc) is 3.63. The first-order chi connectivity index (χ1) is 22.6. The molecule has 0 fully saturated rings. The monoisotopic (exact) mass is 717 g/mol. The Morgan fingerprint density at radius 3 is 2.21 bits per heavy atom. The maximum atomic E-state index is 13.7. The highest BCUT2D eigenvalue weighted by Gasteiger charge is 2.31. The van der Waals surface area contributed by atoms with E-state index in [-0.39, 0.29) is 33.0 Å². The summed E-state index contributed by atoms with van der Waals surface area (Å²) < 4.78 is 109. The van der Waals surface area contributed by atoms with Crippen molar-refractivity contribution >= 4 is 53.7 Å².